The van der Waals surface area contributed by atoms with Crippen molar-refractivity contribution < 1.29 is 38.1 Å². The second-order valence-electron chi connectivity index (χ2n) is 6.76. The first-order valence-electron chi connectivity index (χ1n) is 9.28. The summed E-state index contributed by atoms with van der Waals surface area (Å²) in [6, 6.07) is 9.20. The van der Waals surface area contributed by atoms with Gasteiger partial charge < -0.3 is 18.9 Å². The van der Waals surface area contributed by atoms with Gasteiger partial charge in [-0.25, -0.2) is 9.59 Å². The number of carbonyl (C=O) groups is 4. The number of hydrogen-bond donors (Lipinski definition) is 0. The van der Waals surface area contributed by atoms with Crippen LogP contribution in [0.2, 0.25) is 0 Å². The molecule has 0 N–H and O–H groups in total. The lowest BCUT2D eigenvalue weighted by atomic mass is 9.97. The molecule has 162 valence electrons. The van der Waals surface area contributed by atoms with E-state index in [4.69, 9.17) is 9.47 Å². The molecule has 0 saturated carbocycles. The van der Waals surface area contributed by atoms with E-state index in [1.54, 1.807) is 34.6 Å². The van der Waals surface area contributed by atoms with Crippen molar-refractivity contribution in [2.75, 3.05) is 26.4 Å². The number of benzene rings is 1. The molecular formula is C21H30O8. The highest BCUT2D eigenvalue weighted by Gasteiger charge is 2.23. The smallest absolute Gasteiger partial charge is 0.344 e. The number of esters is 4. The topological polar surface area (TPSA) is 105 Å². The Morgan fingerprint density at radius 3 is 1.66 bits per heavy atom. The van der Waals surface area contributed by atoms with Crippen molar-refractivity contribution in [2.45, 2.75) is 41.0 Å². The third-order valence-electron chi connectivity index (χ3n) is 3.09. The first kappa shape index (κ1) is 26.1. The van der Waals surface area contributed by atoms with Crippen LogP contribution in [0.4, 0.5) is 0 Å². The Morgan fingerprint density at radius 1 is 0.724 bits per heavy atom. The highest BCUT2D eigenvalue weighted by molar-refractivity contribution is 5.79. The van der Waals surface area contributed by atoms with Crippen molar-refractivity contribution in [3.8, 4) is 0 Å². The Bertz CT molecular complexity index is 646. The zero-order chi connectivity index (χ0) is 22.3. The lowest BCUT2D eigenvalue weighted by Crippen LogP contribution is -2.26. The summed E-state index contributed by atoms with van der Waals surface area (Å²) >= 11 is 0. The van der Waals surface area contributed by atoms with Crippen molar-refractivity contribution in [2.24, 2.45) is 5.41 Å². The minimum Gasteiger partial charge on any atom is -0.463 e. The van der Waals surface area contributed by atoms with E-state index in [1.807, 2.05) is 30.3 Å². The Kier molecular flexibility index (Phi) is 12.7. The predicted molar refractivity (Wildman–Crippen MR) is 105 cm³/mol. The van der Waals surface area contributed by atoms with Crippen molar-refractivity contribution >= 4 is 23.9 Å². The molecule has 0 heterocycles. The molecule has 1 aromatic rings. The van der Waals surface area contributed by atoms with Gasteiger partial charge >= 0.3 is 23.9 Å². The second-order valence-corrected chi connectivity index (χ2v) is 6.76. The third kappa shape index (κ3) is 13.8. The molecule has 0 aliphatic rings. The van der Waals surface area contributed by atoms with E-state index < -0.39 is 29.3 Å². The SMILES string of the molecule is CCOC(=O)COC(=O)C(C)(C)C.CCOC(=O)COC(=O)Cc1ccccc1. The van der Waals surface area contributed by atoms with Crippen LogP contribution < -0.4 is 0 Å². The molecular weight excluding hydrogens is 380 g/mol. The maximum atomic E-state index is 11.3. The van der Waals surface area contributed by atoms with E-state index in [2.05, 4.69) is 9.47 Å². The van der Waals surface area contributed by atoms with Crippen LogP contribution >= 0.6 is 0 Å². The van der Waals surface area contributed by atoms with Crippen LogP contribution in [0.25, 0.3) is 0 Å². The number of hydrogen-bond acceptors (Lipinski definition) is 8. The van der Waals surface area contributed by atoms with Crippen LogP contribution in [0.1, 0.15) is 40.2 Å². The molecule has 0 aliphatic carbocycles. The Morgan fingerprint density at radius 2 is 1.21 bits per heavy atom. The summed E-state index contributed by atoms with van der Waals surface area (Å²) in [6.45, 7) is 8.53. The molecule has 29 heavy (non-hydrogen) atoms. The molecule has 0 spiro atoms. The molecule has 8 nitrogen and oxygen atoms in total. The van der Waals surface area contributed by atoms with Crippen molar-refractivity contribution in [3.63, 3.8) is 0 Å². The quantitative estimate of drug-likeness (QED) is 0.475. The largest absolute Gasteiger partial charge is 0.463 e. The van der Waals surface area contributed by atoms with Gasteiger partial charge in [0.05, 0.1) is 25.0 Å². The normalized spacial score (nSPS) is 10.1. The Labute approximate surface area is 171 Å². The first-order valence-corrected chi connectivity index (χ1v) is 9.28. The van der Waals surface area contributed by atoms with Gasteiger partial charge in [-0.2, -0.15) is 0 Å². The summed E-state index contributed by atoms with van der Waals surface area (Å²) in [4.78, 5) is 44.1. The summed E-state index contributed by atoms with van der Waals surface area (Å²) in [5.41, 5.74) is 0.281. The van der Waals surface area contributed by atoms with Gasteiger partial charge in [0, 0.05) is 0 Å². The molecule has 0 radical (unpaired) electrons. The Hall–Kier alpha value is -2.90. The first-order chi connectivity index (χ1) is 13.6. The van der Waals surface area contributed by atoms with Gasteiger partial charge in [-0.05, 0) is 40.2 Å². The second kappa shape index (κ2) is 14.1. The summed E-state index contributed by atoms with van der Waals surface area (Å²) < 4.78 is 18.7. The number of carbonyl (C=O) groups excluding carboxylic acids is 4. The molecule has 0 bridgehead atoms. The van der Waals surface area contributed by atoms with E-state index in [-0.39, 0.29) is 26.2 Å². The Balaban J connectivity index is 0.000000555. The van der Waals surface area contributed by atoms with Gasteiger partial charge in [0.1, 0.15) is 0 Å². The molecule has 0 aromatic heterocycles. The monoisotopic (exact) mass is 410 g/mol. The highest BCUT2D eigenvalue weighted by atomic mass is 16.6. The van der Waals surface area contributed by atoms with Gasteiger partial charge in [-0.1, -0.05) is 30.3 Å². The zero-order valence-corrected chi connectivity index (χ0v) is 17.7. The molecule has 8 heteroatoms. The van der Waals surface area contributed by atoms with Gasteiger partial charge in [-0.3, -0.25) is 9.59 Å². The van der Waals surface area contributed by atoms with E-state index >= 15 is 0 Å². The fraction of sp³-hybridized carbons (Fsp3) is 0.524. The van der Waals surface area contributed by atoms with Gasteiger partial charge in [-0.15, -0.1) is 0 Å². The third-order valence-corrected chi connectivity index (χ3v) is 3.09. The van der Waals surface area contributed by atoms with Crippen LogP contribution in [0.5, 0.6) is 0 Å². The maximum absolute atomic E-state index is 11.3. The fourth-order valence-electron chi connectivity index (χ4n) is 1.70. The van der Waals surface area contributed by atoms with E-state index in [1.165, 1.54) is 0 Å². The molecule has 0 fully saturated rings. The van der Waals surface area contributed by atoms with Crippen molar-refractivity contribution in [1.29, 1.82) is 0 Å². The highest BCUT2D eigenvalue weighted by Crippen LogP contribution is 2.14. The van der Waals surface area contributed by atoms with E-state index in [9.17, 15) is 19.2 Å². The molecule has 0 aliphatic heterocycles. The standard InChI is InChI=1S/C12H14O4.C9H16O4/c1-2-15-12(14)9-16-11(13)8-10-6-4-3-5-7-10;1-5-12-7(10)6-13-8(11)9(2,3)4/h3-7H,2,8-9H2,1H3;5-6H2,1-4H3. The average Bonchev–Trinajstić information content (AvgIpc) is 2.65. The summed E-state index contributed by atoms with van der Waals surface area (Å²) in [5.74, 6) is -1.87. The minimum absolute atomic E-state index is 0.167. The van der Waals surface area contributed by atoms with Crippen LogP contribution in [-0.2, 0) is 44.5 Å². The number of ether oxygens (including phenoxy) is 4. The molecule has 0 unspecified atom stereocenters. The van der Waals surface area contributed by atoms with Gasteiger partial charge in [0.25, 0.3) is 0 Å². The van der Waals surface area contributed by atoms with E-state index in [0.29, 0.717) is 6.61 Å². The molecule has 0 atom stereocenters. The van der Waals surface area contributed by atoms with Crippen molar-refractivity contribution in [1.82, 2.24) is 0 Å². The van der Waals surface area contributed by atoms with Crippen LogP contribution in [0.15, 0.2) is 30.3 Å². The lowest BCUT2D eigenvalue weighted by molar-refractivity contribution is -0.163. The predicted octanol–water partition coefficient (Wildman–Crippen LogP) is 2.47. The molecule has 1 rings (SSSR count). The van der Waals surface area contributed by atoms with Crippen LogP contribution in [0.3, 0.4) is 0 Å². The lowest BCUT2D eigenvalue weighted by Gasteiger charge is -2.15. The molecule has 0 amide bonds. The maximum Gasteiger partial charge on any atom is 0.344 e. The molecule has 0 saturated heterocycles. The average molecular weight is 410 g/mol. The van der Waals surface area contributed by atoms with Gasteiger partial charge in [0.15, 0.2) is 13.2 Å². The number of rotatable bonds is 8. The summed E-state index contributed by atoms with van der Waals surface area (Å²) in [7, 11) is 0. The molecule has 1 aromatic carbocycles. The zero-order valence-electron chi connectivity index (χ0n) is 17.7. The van der Waals surface area contributed by atoms with Crippen LogP contribution in [-0.4, -0.2) is 50.3 Å². The van der Waals surface area contributed by atoms with E-state index in [0.717, 1.165) is 5.56 Å². The van der Waals surface area contributed by atoms with Gasteiger partial charge in [0.2, 0.25) is 0 Å². The minimum atomic E-state index is -0.577. The summed E-state index contributed by atoms with van der Waals surface area (Å²) in [5, 5.41) is 0. The summed E-state index contributed by atoms with van der Waals surface area (Å²) in [6.07, 6.45) is 0.167. The fourth-order valence-corrected chi connectivity index (χ4v) is 1.70. The van der Waals surface area contributed by atoms with Crippen LogP contribution in [0, 0.1) is 5.41 Å². The van der Waals surface area contributed by atoms with Crippen molar-refractivity contribution in [3.05, 3.63) is 35.9 Å².